The van der Waals surface area contributed by atoms with Crippen LogP contribution in [0.3, 0.4) is 0 Å². The van der Waals surface area contributed by atoms with Crippen LogP contribution in [0.15, 0.2) is 66.9 Å². The number of carbonyl (C=O) groups excluding carboxylic acids is 1. The molecule has 0 unspecified atom stereocenters. The number of carbonyl (C=O) groups is 1. The van der Waals surface area contributed by atoms with Crippen LogP contribution in [0.25, 0.3) is 11.1 Å². The number of pyridine rings is 1. The van der Waals surface area contributed by atoms with Crippen molar-refractivity contribution in [2.45, 2.75) is 38.5 Å². The summed E-state index contributed by atoms with van der Waals surface area (Å²) in [5.74, 6) is -0.202. The number of alkyl halides is 3. The molecule has 1 saturated heterocycles. The third-order valence-electron chi connectivity index (χ3n) is 6.13. The first-order chi connectivity index (χ1) is 15.8. The molecule has 1 N–H and O–H groups in total. The van der Waals surface area contributed by atoms with Gasteiger partial charge in [-0.2, -0.15) is 13.2 Å². The Labute approximate surface area is 191 Å². The van der Waals surface area contributed by atoms with Crippen molar-refractivity contribution in [3.8, 4) is 11.1 Å². The molecular weight excluding hydrogens is 427 g/mol. The monoisotopic (exact) mass is 453 g/mol. The van der Waals surface area contributed by atoms with Gasteiger partial charge < -0.3 is 5.32 Å². The van der Waals surface area contributed by atoms with Gasteiger partial charge in [0.2, 0.25) is 0 Å². The third kappa shape index (κ3) is 5.60. The number of halogens is 3. The summed E-state index contributed by atoms with van der Waals surface area (Å²) in [6, 6.07) is 16.0. The van der Waals surface area contributed by atoms with Crippen LogP contribution in [0.2, 0.25) is 0 Å². The van der Waals surface area contributed by atoms with Crippen LogP contribution >= 0.6 is 0 Å². The standard InChI is InChI=1S/C26H26F3N3O/c1-18-20(5-4-14-30-18)17-32-15-12-22(13-16-32)31-25(33)24-7-3-2-6-23(24)19-8-10-21(11-9-19)26(27,28)29/h2-11,14,22H,12-13,15-17H2,1H3,(H,31,33). The molecule has 1 amide bonds. The molecule has 4 nitrogen and oxygen atoms in total. The van der Waals surface area contributed by atoms with Crippen molar-refractivity contribution >= 4 is 5.91 Å². The van der Waals surface area contributed by atoms with E-state index >= 15 is 0 Å². The van der Waals surface area contributed by atoms with Crippen LogP contribution in [0.1, 0.15) is 40.0 Å². The lowest BCUT2D eigenvalue weighted by molar-refractivity contribution is -0.137. The Hall–Kier alpha value is -3.19. The lowest BCUT2D eigenvalue weighted by Crippen LogP contribution is -2.44. The van der Waals surface area contributed by atoms with E-state index in [9.17, 15) is 18.0 Å². The largest absolute Gasteiger partial charge is 0.416 e. The number of amides is 1. The molecule has 1 fully saturated rings. The molecule has 0 radical (unpaired) electrons. The summed E-state index contributed by atoms with van der Waals surface area (Å²) in [4.78, 5) is 19.7. The van der Waals surface area contributed by atoms with Crippen molar-refractivity contribution in [3.05, 3.63) is 89.2 Å². The summed E-state index contributed by atoms with van der Waals surface area (Å²) in [5, 5.41) is 3.12. The minimum atomic E-state index is -4.39. The van der Waals surface area contributed by atoms with Crippen molar-refractivity contribution in [3.63, 3.8) is 0 Å². The Balaban J connectivity index is 1.39. The van der Waals surface area contributed by atoms with Crippen LogP contribution in [0.5, 0.6) is 0 Å². The molecule has 0 spiro atoms. The zero-order valence-corrected chi connectivity index (χ0v) is 18.4. The number of hydrogen-bond donors (Lipinski definition) is 1. The molecule has 4 rings (SSSR count). The Bertz CT molecular complexity index is 1100. The summed E-state index contributed by atoms with van der Waals surface area (Å²) in [6.07, 6.45) is -0.913. The Kier molecular flexibility index (Phi) is 6.79. The molecule has 172 valence electrons. The highest BCUT2D eigenvalue weighted by molar-refractivity contribution is 6.01. The zero-order chi connectivity index (χ0) is 23.4. The van der Waals surface area contributed by atoms with Crippen LogP contribution < -0.4 is 5.32 Å². The highest BCUT2D eigenvalue weighted by Crippen LogP contribution is 2.32. The number of aryl methyl sites for hydroxylation is 1. The topological polar surface area (TPSA) is 45.2 Å². The highest BCUT2D eigenvalue weighted by Gasteiger charge is 2.30. The molecule has 2 heterocycles. The first kappa shape index (κ1) is 23.0. The lowest BCUT2D eigenvalue weighted by Gasteiger charge is -2.32. The maximum atomic E-state index is 13.0. The van der Waals surface area contributed by atoms with Gasteiger partial charge in [0.25, 0.3) is 5.91 Å². The smallest absolute Gasteiger partial charge is 0.349 e. The number of likely N-dealkylation sites (tertiary alicyclic amines) is 1. The molecule has 1 aromatic heterocycles. The Morgan fingerprint density at radius 3 is 2.39 bits per heavy atom. The van der Waals surface area contributed by atoms with Crippen LogP contribution in [-0.2, 0) is 12.7 Å². The maximum Gasteiger partial charge on any atom is 0.416 e. The maximum absolute atomic E-state index is 13.0. The number of hydrogen-bond acceptors (Lipinski definition) is 3. The van der Waals surface area contributed by atoms with E-state index in [0.717, 1.165) is 50.3 Å². The van der Waals surface area contributed by atoms with Gasteiger partial charge >= 0.3 is 6.18 Å². The summed E-state index contributed by atoms with van der Waals surface area (Å²) >= 11 is 0. The number of nitrogens with one attached hydrogen (secondary N) is 1. The number of rotatable bonds is 5. The van der Waals surface area contributed by atoms with E-state index in [1.807, 2.05) is 13.0 Å². The second kappa shape index (κ2) is 9.75. The molecule has 1 aliphatic rings. The molecular formula is C26H26F3N3O. The molecule has 1 aliphatic heterocycles. The summed E-state index contributed by atoms with van der Waals surface area (Å²) < 4.78 is 38.7. The second-order valence-corrected chi connectivity index (χ2v) is 8.39. The average molecular weight is 454 g/mol. The van der Waals surface area contributed by atoms with Gasteiger partial charge in [0, 0.05) is 43.1 Å². The molecule has 0 bridgehead atoms. The Morgan fingerprint density at radius 1 is 1.03 bits per heavy atom. The first-order valence-corrected chi connectivity index (χ1v) is 11.0. The van der Waals surface area contributed by atoms with E-state index in [1.54, 1.807) is 30.5 Å². The van der Waals surface area contributed by atoms with Gasteiger partial charge in [0.1, 0.15) is 0 Å². The molecule has 7 heteroatoms. The van der Waals surface area contributed by atoms with Crippen molar-refractivity contribution in [1.82, 2.24) is 15.2 Å². The van der Waals surface area contributed by atoms with Crippen LogP contribution in [0.4, 0.5) is 13.2 Å². The fourth-order valence-electron chi connectivity index (χ4n) is 4.20. The number of piperidine rings is 1. The SMILES string of the molecule is Cc1ncccc1CN1CCC(NC(=O)c2ccccc2-c2ccc(C(F)(F)F)cc2)CC1. The number of benzene rings is 2. The predicted molar refractivity (Wildman–Crippen MR) is 122 cm³/mol. The van der Waals surface area contributed by atoms with Crippen molar-refractivity contribution < 1.29 is 18.0 Å². The lowest BCUT2D eigenvalue weighted by atomic mass is 9.97. The van der Waals surface area contributed by atoms with Gasteiger partial charge in [-0.25, -0.2) is 0 Å². The van der Waals surface area contributed by atoms with Gasteiger partial charge in [-0.15, -0.1) is 0 Å². The fourth-order valence-corrected chi connectivity index (χ4v) is 4.20. The van der Waals surface area contributed by atoms with Gasteiger partial charge in [-0.05, 0) is 60.7 Å². The van der Waals surface area contributed by atoms with Gasteiger partial charge in [0.15, 0.2) is 0 Å². The average Bonchev–Trinajstić information content (AvgIpc) is 2.81. The molecule has 0 aliphatic carbocycles. The highest BCUT2D eigenvalue weighted by atomic mass is 19.4. The second-order valence-electron chi connectivity index (χ2n) is 8.39. The van der Waals surface area contributed by atoms with Crippen molar-refractivity contribution in [1.29, 1.82) is 0 Å². The number of nitrogens with zero attached hydrogens (tertiary/aromatic N) is 2. The van der Waals surface area contributed by atoms with E-state index in [0.29, 0.717) is 16.7 Å². The minimum absolute atomic E-state index is 0.0596. The van der Waals surface area contributed by atoms with Crippen LogP contribution in [-0.4, -0.2) is 34.9 Å². The number of aromatic nitrogens is 1. The van der Waals surface area contributed by atoms with Crippen LogP contribution in [0, 0.1) is 6.92 Å². The fraction of sp³-hybridized carbons (Fsp3) is 0.308. The predicted octanol–water partition coefficient (Wildman–Crippen LogP) is 5.47. The molecule has 0 saturated carbocycles. The molecule has 0 atom stereocenters. The van der Waals surface area contributed by atoms with E-state index < -0.39 is 11.7 Å². The van der Waals surface area contributed by atoms with E-state index in [4.69, 9.17) is 0 Å². The van der Waals surface area contributed by atoms with Crippen molar-refractivity contribution in [2.24, 2.45) is 0 Å². The van der Waals surface area contributed by atoms with E-state index in [2.05, 4.69) is 21.3 Å². The Morgan fingerprint density at radius 2 is 1.73 bits per heavy atom. The zero-order valence-electron chi connectivity index (χ0n) is 18.4. The molecule has 2 aromatic carbocycles. The van der Waals surface area contributed by atoms with Gasteiger partial charge in [-0.1, -0.05) is 36.4 Å². The molecule has 33 heavy (non-hydrogen) atoms. The molecule has 3 aromatic rings. The first-order valence-electron chi connectivity index (χ1n) is 11.0. The van der Waals surface area contributed by atoms with Gasteiger partial charge in [0.05, 0.1) is 5.56 Å². The van der Waals surface area contributed by atoms with Crippen molar-refractivity contribution in [2.75, 3.05) is 13.1 Å². The van der Waals surface area contributed by atoms with E-state index in [-0.39, 0.29) is 11.9 Å². The quantitative estimate of drug-likeness (QED) is 0.557. The summed E-state index contributed by atoms with van der Waals surface area (Å²) in [7, 11) is 0. The van der Waals surface area contributed by atoms with Gasteiger partial charge in [-0.3, -0.25) is 14.7 Å². The summed E-state index contributed by atoms with van der Waals surface area (Å²) in [6.45, 7) is 4.60. The summed E-state index contributed by atoms with van der Waals surface area (Å²) in [5.41, 5.74) is 3.20. The van der Waals surface area contributed by atoms with E-state index in [1.165, 1.54) is 17.7 Å². The normalized spacial score (nSPS) is 15.4. The third-order valence-corrected chi connectivity index (χ3v) is 6.13. The minimum Gasteiger partial charge on any atom is -0.349 e.